The topological polar surface area (TPSA) is 194 Å². The summed E-state index contributed by atoms with van der Waals surface area (Å²) in [6.07, 6.45) is 13.3. The van der Waals surface area contributed by atoms with E-state index in [-0.39, 0.29) is 80.2 Å². The summed E-state index contributed by atoms with van der Waals surface area (Å²) in [6.45, 7) is 29.6. The Hall–Kier alpha value is -3.83. The molecule has 0 radical (unpaired) electrons. The maximum absolute atomic E-state index is 14.7. The van der Waals surface area contributed by atoms with Gasteiger partial charge in [0.25, 0.3) is 11.7 Å². The number of piperidine rings is 1. The fourth-order valence-corrected chi connectivity index (χ4v) is 11.5. The van der Waals surface area contributed by atoms with Gasteiger partial charge in [-0.1, -0.05) is 90.2 Å². The zero-order valence-electron chi connectivity index (χ0n) is 50.3. The summed E-state index contributed by atoms with van der Waals surface area (Å²) < 4.78 is 42.6. The maximum atomic E-state index is 14.7. The number of nitrogens with zero attached hydrogens (tertiary/aromatic N) is 1. The van der Waals surface area contributed by atoms with Gasteiger partial charge in [0.15, 0.2) is 0 Å². The Bertz CT molecular complexity index is 2120. The molecule has 442 valence electrons. The number of carbonyl (C=O) groups is 5. The number of ether oxygens (including phenoxy) is 7. The van der Waals surface area contributed by atoms with Gasteiger partial charge in [0.2, 0.25) is 5.79 Å². The number of cyclic esters (lactones) is 1. The standard InChI is InChI=1S/C63H101NO14/c1-38(2)74-36-62(14,37-75-39(3)4)61(70)77-53-28-26-49(33-56(53)73-16)32-44(9)55-35-52(65)43(8)31-45(10)57(66)48(13)47(12)42(7)30-40(5)22-18-17-19-23-41(6)54(72-15)34-50-27-25-46(11)63(71,78-50)58(67)59(68)64-29-21-20-24-51(64)60(69)76-55/h17-19,22-23,31,38-40,42-44,46,48-51,53-57,66,71H,12,20-21,24-30,32-37H2,1-11,13-16H3/b19-17+,22-18+,41-23+,45-31+/t40-,42-,43-,44-,46-,48+,49+,50+,51+,53-,54+,55+,56-,57-,63-/m1/s1. The lowest BCUT2D eigenvalue weighted by molar-refractivity contribution is -0.265. The molecule has 2 N–H and O–H groups in total. The van der Waals surface area contributed by atoms with Crippen LogP contribution in [0.1, 0.15) is 167 Å². The van der Waals surface area contributed by atoms with E-state index in [0.717, 1.165) is 17.6 Å². The normalized spacial score (nSPS) is 36.0. The van der Waals surface area contributed by atoms with Crippen LogP contribution >= 0.6 is 0 Å². The van der Waals surface area contributed by atoms with Crippen LogP contribution in [-0.2, 0) is 57.1 Å². The molecule has 15 nitrogen and oxygen atoms in total. The molecule has 2 saturated heterocycles. The lowest BCUT2D eigenvalue weighted by Crippen LogP contribution is -2.61. The Balaban J connectivity index is 1.66. The highest BCUT2D eigenvalue weighted by atomic mass is 16.6. The van der Waals surface area contributed by atoms with E-state index in [2.05, 4.69) is 26.5 Å². The molecule has 1 amide bonds. The summed E-state index contributed by atoms with van der Waals surface area (Å²) in [5.74, 6) is -7.63. The zero-order chi connectivity index (χ0) is 58.2. The number of allylic oxidation sites excluding steroid dienone is 6. The highest BCUT2D eigenvalue weighted by Crippen LogP contribution is 2.39. The van der Waals surface area contributed by atoms with Crippen LogP contribution in [0.2, 0.25) is 0 Å². The van der Waals surface area contributed by atoms with Crippen molar-refractivity contribution in [3.63, 3.8) is 0 Å². The molecular formula is C63H101NO14. The Morgan fingerprint density at radius 3 is 2.14 bits per heavy atom. The second-order valence-corrected chi connectivity index (χ2v) is 24.6. The fraction of sp³-hybridized carbons (Fsp3) is 0.762. The second-order valence-electron chi connectivity index (χ2n) is 24.6. The third-order valence-corrected chi connectivity index (χ3v) is 17.1. The van der Waals surface area contributed by atoms with Crippen LogP contribution in [0, 0.1) is 46.8 Å². The summed E-state index contributed by atoms with van der Waals surface area (Å²) >= 11 is 0. The largest absolute Gasteiger partial charge is 0.460 e. The maximum Gasteiger partial charge on any atom is 0.329 e. The molecule has 0 aromatic carbocycles. The summed E-state index contributed by atoms with van der Waals surface area (Å²) in [6, 6.07) is -1.15. The van der Waals surface area contributed by atoms with Crippen molar-refractivity contribution in [2.24, 2.45) is 46.8 Å². The van der Waals surface area contributed by atoms with Gasteiger partial charge in [0.05, 0.1) is 49.8 Å². The lowest BCUT2D eigenvalue weighted by Gasteiger charge is -2.42. The molecule has 0 unspecified atom stereocenters. The second kappa shape index (κ2) is 30.8. The van der Waals surface area contributed by atoms with Crippen LogP contribution in [0.25, 0.3) is 0 Å². The lowest BCUT2D eigenvalue weighted by atomic mass is 9.78. The molecule has 78 heavy (non-hydrogen) atoms. The summed E-state index contributed by atoms with van der Waals surface area (Å²) in [4.78, 5) is 73.1. The van der Waals surface area contributed by atoms with Crippen molar-refractivity contribution in [3.8, 4) is 0 Å². The molecule has 4 rings (SSSR count). The number of ketones is 2. The highest BCUT2D eigenvalue weighted by Gasteiger charge is 2.53. The van der Waals surface area contributed by atoms with Crippen LogP contribution in [-0.4, -0.2) is 139 Å². The van der Waals surface area contributed by atoms with Crippen LogP contribution < -0.4 is 0 Å². The van der Waals surface area contributed by atoms with Crippen molar-refractivity contribution in [1.29, 1.82) is 0 Å². The number of Topliss-reactive ketones (excluding diaryl/α,β-unsaturated/α-hetero) is 2. The number of methoxy groups -OCH3 is 2. The third kappa shape index (κ3) is 18.6. The van der Waals surface area contributed by atoms with Gasteiger partial charge < -0.3 is 48.3 Å². The van der Waals surface area contributed by atoms with Crippen LogP contribution in [0.4, 0.5) is 0 Å². The van der Waals surface area contributed by atoms with E-state index in [1.165, 1.54) is 4.90 Å². The van der Waals surface area contributed by atoms with E-state index >= 15 is 0 Å². The molecule has 15 atom stereocenters. The van der Waals surface area contributed by atoms with E-state index < -0.39 is 89.3 Å². The van der Waals surface area contributed by atoms with Gasteiger partial charge >= 0.3 is 11.9 Å². The van der Waals surface area contributed by atoms with E-state index in [4.69, 9.17) is 33.2 Å². The summed E-state index contributed by atoms with van der Waals surface area (Å²) in [7, 11) is 3.20. The first-order valence-corrected chi connectivity index (χ1v) is 29.2. The molecule has 3 heterocycles. The van der Waals surface area contributed by atoms with Gasteiger partial charge in [-0.25, -0.2) is 4.79 Å². The van der Waals surface area contributed by atoms with Crippen molar-refractivity contribution >= 4 is 29.4 Å². The third-order valence-electron chi connectivity index (χ3n) is 17.1. The Morgan fingerprint density at radius 1 is 0.846 bits per heavy atom. The average molecular weight is 1100 g/mol. The number of hydrogen-bond acceptors (Lipinski definition) is 14. The molecule has 1 saturated carbocycles. The Morgan fingerprint density at radius 2 is 1.51 bits per heavy atom. The zero-order valence-corrected chi connectivity index (χ0v) is 50.3. The number of carbonyl (C=O) groups excluding carboxylic acids is 5. The van der Waals surface area contributed by atoms with E-state index in [1.807, 2.05) is 79.7 Å². The number of fused-ring (bicyclic) bond motifs is 3. The number of aliphatic hydroxyl groups is 2. The van der Waals surface area contributed by atoms with Crippen molar-refractivity contribution in [2.45, 2.75) is 228 Å². The predicted octanol–water partition coefficient (Wildman–Crippen LogP) is 10.2. The van der Waals surface area contributed by atoms with Crippen LogP contribution in [0.3, 0.4) is 0 Å². The minimum Gasteiger partial charge on any atom is -0.460 e. The van der Waals surface area contributed by atoms with Gasteiger partial charge in [-0.3, -0.25) is 19.2 Å². The van der Waals surface area contributed by atoms with Crippen molar-refractivity contribution in [1.82, 2.24) is 4.90 Å². The number of amides is 1. The predicted molar refractivity (Wildman–Crippen MR) is 302 cm³/mol. The minimum atomic E-state index is -2.44. The van der Waals surface area contributed by atoms with Gasteiger partial charge in [0, 0.05) is 51.4 Å². The molecule has 15 heteroatoms. The van der Waals surface area contributed by atoms with Crippen molar-refractivity contribution in [3.05, 3.63) is 59.8 Å². The highest BCUT2D eigenvalue weighted by molar-refractivity contribution is 6.39. The van der Waals surface area contributed by atoms with E-state index in [0.29, 0.717) is 63.4 Å². The first-order chi connectivity index (χ1) is 36.6. The quantitative estimate of drug-likeness (QED) is 0.101. The Labute approximate surface area is 468 Å². The van der Waals surface area contributed by atoms with Gasteiger partial charge in [0.1, 0.15) is 29.4 Å². The molecule has 0 aromatic rings. The summed E-state index contributed by atoms with van der Waals surface area (Å²) in [5, 5.41) is 23.8. The number of esters is 2. The first kappa shape index (κ1) is 66.7. The SMILES string of the molecule is C=C1[C@H](C)C[C@H](C)/C=C/C=C/C=C(\C)[C@@H](OC)C[C@@H]2CC[C@@H](C)[C@@](O)(O2)C(=O)C(=O)N2CCCC[C@H]2C(=O)O[C@H]([C@H](C)C[C@@H]2CC[C@@H](OC(=O)C(C)(COC(C)C)COC(C)C)[C@H](OC)C2)CC(=O)[C@H](C)/C=C(\C)[C@@H](O)[C@H]1C. The minimum absolute atomic E-state index is 0.0392. The molecule has 3 fully saturated rings. The fourth-order valence-electron chi connectivity index (χ4n) is 11.5. The number of rotatable bonds is 13. The van der Waals surface area contributed by atoms with E-state index in [9.17, 15) is 34.2 Å². The molecule has 0 spiro atoms. The molecular weight excluding hydrogens is 995 g/mol. The van der Waals surface area contributed by atoms with Gasteiger partial charge in [-0.2, -0.15) is 0 Å². The molecule has 3 aliphatic heterocycles. The van der Waals surface area contributed by atoms with Crippen LogP contribution in [0.5, 0.6) is 0 Å². The van der Waals surface area contributed by atoms with Crippen molar-refractivity contribution < 1.29 is 67.3 Å². The molecule has 4 aliphatic rings. The molecule has 0 aromatic heterocycles. The van der Waals surface area contributed by atoms with Gasteiger partial charge in [-0.05, 0) is 147 Å². The van der Waals surface area contributed by atoms with Gasteiger partial charge in [-0.15, -0.1) is 0 Å². The number of aliphatic hydroxyl groups excluding tert-OH is 1. The molecule has 1 aliphatic carbocycles. The van der Waals surface area contributed by atoms with E-state index in [1.54, 1.807) is 41.1 Å². The Kier molecular flexibility index (Phi) is 26.4. The summed E-state index contributed by atoms with van der Waals surface area (Å²) in [5.41, 5.74) is 1.42. The number of hydrogen-bond donors (Lipinski definition) is 2. The smallest absolute Gasteiger partial charge is 0.329 e. The first-order valence-electron chi connectivity index (χ1n) is 29.2. The van der Waals surface area contributed by atoms with Crippen molar-refractivity contribution in [2.75, 3.05) is 34.0 Å². The average Bonchev–Trinajstić information content (AvgIpc) is 3.44. The monoisotopic (exact) mass is 1100 g/mol. The van der Waals surface area contributed by atoms with Crippen LogP contribution in [0.15, 0.2) is 59.8 Å². The molecule has 2 bridgehead atoms.